The topological polar surface area (TPSA) is 62.6 Å². The largest absolute Gasteiger partial charge is 0.346 e. The van der Waals surface area contributed by atoms with E-state index in [1.165, 1.54) is 29.2 Å². The number of benzene rings is 2. The van der Waals surface area contributed by atoms with E-state index in [0.717, 1.165) is 19.6 Å². The summed E-state index contributed by atoms with van der Waals surface area (Å²) in [6, 6.07) is 12.0. The number of likely N-dealkylation sites (N-methyl/N-ethyl adjacent to an activating group) is 1. The van der Waals surface area contributed by atoms with Crippen molar-refractivity contribution in [3.63, 3.8) is 0 Å². The highest BCUT2D eigenvalue weighted by molar-refractivity contribution is 6.04. The molecule has 2 aromatic rings. The number of quaternary nitrogens is 1. The maximum absolute atomic E-state index is 12.9. The zero-order chi connectivity index (χ0) is 18.9. The monoisotopic (exact) mass is 358 g/mol. The van der Waals surface area contributed by atoms with Crippen LogP contribution in [0.4, 0.5) is 10.1 Å². The quantitative estimate of drug-likeness (QED) is 0.673. The number of carbonyl (C=O) groups is 2. The third-order valence-electron chi connectivity index (χ3n) is 4.28. The lowest BCUT2D eigenvalue weighted by Crippen LogP contribution is -3.12. The van der Waals surface area contributed by atoms with Crippen molar-refractivity contribution in [2.45, 2.75) is 13.8 Å². The van der Waals surface area contributed by atoms with Crippen LogP contribution in [0.2, 0.25) is 0 Å². The van der Waals surface area contributed by atoms with Crippen molar-refractivity contribution in [3.05, 3.63) is 65.5 Å². The SMILES string of the molecule is CC[NH+](CC)CCNC(=O)c1ccc(NC(=O)c2ccc(F)cc2)cc1. The highest BCUT2D eigenvalue weighted by Crippen LogP contribution is 2.12. The van der Waals surface area contributed by atoms with Crippen LogP contribution in [0.1, 0.15) is 34.6 Å². The third-order valence-corrected chi connectivity index (χ3v) is 4.28. The van der Waals surface area contributed by atoms with Gasteiger partial charge in [-0.05, 0) is 62.4 Å². The number of hydrogen-bond donors (Lipinski definition) is 3. The van der Waals surface area contributed by atoms with E-state index in [1.807, 2.05) is 0 Å². The van der Waals surface area contributed by atoms with E-state index in [2.05, 4.69) is 24.5 Å². The highest BCUT2D eigenvalue weighted by Gasteiger charge is 2.09. The molecule has 3 N–H and O–H groups in total. The molecular weight excluding hydrogens is 333 g/mol. The summed E-state index contributed by atoms with van der Waals surface area (Å²) in [5.41, 5.74) is 1.48. The Balaban J connectivity index is 1.88. The number of anilines is 1. The Hall–Kier alpha value is -2.73. The summed E-state index contributed by atoms with van der Waals surface area (Å²) >= 11 is 0. The molecule has 0 aromatic heterocycles. The Kier molecular flexibility index (Phi) is 7.29. The number of halogens is 1. The Morgan fingerprint density at radius 3 is 2.00 bits per heavy atom. The molecule has 0 spiro atoms. The first-order chi connectivity index (χ1) is 12.5. The molecule has 0 bridgehead atoms. The predicted molar refractivity (Wildman–Crippen MR) is 100 cm³/mol. The normalized spacial score (nSPS) is 10.6. The lowest BCUT2D eigenvalue weighted by atomic mass is 10.1. The molecule has 0 aliphatic carbocycles. The van der Waals surface area contributed by atoms with Crippen LogP contribution in [0.3, 0.4) is 0 Å². The van der Waals surface area contributed by atoms with Crippen LogP contribution in [0.25, 0.3) is 0 Å². The zero-order valence-corrected chi connectivity index (χ0v) is 15.1. The van der Waals surface area contributed by atoms with Gasteiger partial charge >= 0.3 is 0 Å². The summed E-state index contributed by atoms with van der Waals surface area (Å²) in [6.45, 7) is 7.84. The summed E-state index contributed by atoms with van der Waals surface area (Å²) in [7, 11) is 0. The second kappa shape index (κ2) is 9.68. The van der Waals surface area contributed by atoms with Crippen molar-refractivity contribution < 1.29 is 18.9 Å². The summed E-state index contributed by atoms with van der Waals surface area (Å²) in [4.78, 5) is 25.7. The third kappa shape index (κ3) is 5.67. The van der Waals surface area contributed by atoms with Gasteiger partial charge in [-0.3, -0.25) is 9.59 Å². The van der Waals surface area contributed by atoms with Gasteiger partial charge in [0.05, 0.1) is 26.2 Å². The van der Waals surface area contributed by atoms with Crippen LogP contribution >= 0.6 is 0 Å². The molecule has 2 rings (SSSR count). The van der Waals surface area contributed by atoms with Gasteiger partial charge in [-0.1, -0.05) is 0 Å². The number of amides is 2. The lowest BCUT2D eigenvalue weighted by Gasteiger charge is -2.15. The fraction of sp³-hybridized carbons (Fsp3) is 0.300. The molecule has 2 aromatic carbocycles. The smallest absolute Gasteiger partial charge is 0.255 e. The van der Waals surface area contributed by atoms with Gasteiger partial charge in [0, 0.05) is 16.8 Å². The summed E-state index contributed by atoms with van der Waals surface area (Å²) in [5.74, 6) is -0.850. The molecule has 0 unspecified atom stereocenters. The minimum absolute atomic E-state index is 0.132. The van der Waals surface area contributed by atoms with Gasteiger partial charge in [-0.15, -0.1) is 0 Å². The fourth-order valence-electron chi connectivity index (χ4n) is 2.57. The summed E-state index contributed by atoms with van der Waals surface area (Å²) in [6.07, 6.45) is 0. The van der Waals surface area contributed by atoms with Gasteiger partial charge in [-0.25, -0.2) is 4.39 Å². The Morgan fingerprint density at radius 2 is 1.42 bits per heavy atom. The molecule has 0 radical (unpaired) electrons. The minimum Gasteiger partial charge on any atom is -0.346 e. The number of rotatable bonds is 8. The van der Waals surface area contributed by atoms with E-state index in [4.69, 9.17) is 0 Å². The zero-order valence-electron chi connectivity index (χ0n) is 15.1. The Morgan fingerprint density at radius 1 is 0.885 bits per heavy atom. The molecule has 2 amide bonds. The van der Waals surface area contributed by atoms with Crippen LogP contribution < -0.4 is 15.5 Å². The van der Waals surface area contributed by atoms with E-state index in [9.17, 15) is 14.0 Å². The van der Waals surface area contributed by atoms with Crippen LogP contribution in [0.5, 0.6) is 0 Å². The van der Waals surface area contributed by atoms with Crippen molar-refractivity contribution in [3.8, 4) is 0 Å². The molecule has 6 heteroatoms. The van der Waals surface area contributed by atoms with Crippen molar-refractivity contribution >= 4 is 17.5 Å². The molecule has 5 nitrogen and oxygen atoms in total. The van der Waals surface area contributed by atoms with Crippen molar-refractivity contribution in [2.75, 3.05) is 31.5 Å². The molecule has 26 heavy (non-hydrogen) atoms. The average Bonchev–Trinajstić information content (AvgIpc) is 2.66. The first kappa shape index (κ1) is 19.6. The molecule has 138 valence electrons. The molecular formula is C20H25FN3O2+. The summed E-state index contributed by atoms with van der Waals surface area (Å²) in [5, 5.41) is 5.63. The van der Waals surface area contributed by atoms with Gasteiger partial charge < -0.3 is 15.5 Å². The maximum atomic E-state index is 12.9. The highest BCUT2D eigenvalue weighted by atomic mass is 19.1. The second-order valence-electron chi connectivity index (χ2n) is 6.00. The molecule has 0 fully saturated rings. The van der Waals surface area contributed by atoms with E-state index in [0.29, 0.717) is 23.4 Å². The first-order valence-electron chi connectivity index (χ1n) is 8.82. The second-order valence-corrected chi connectivity index (χ2v) is 6.00. The Labute approximate surface area is 153 Å². The average molecular weight is 358 g/mol. The lowest BCUT2D eigenvalue weighted by molar-refractivity contribution is -0.895. The van der Waals surface area contributed by atoms with Gasteiger partial charge in [-0.2, -0.15) is 0 Å². The van der Waals surface area contributed by atoms with E-state index >= 15 is 0 Å². The first-order valence-corrected chi connectivity index (χ1v) is 8.82. The van der Waals surface area contributed by atoms with Crippen LogP contribution in [-0.2, 0) is 0 Å². The number of hydrogen-bond acceptors (Lipinski definition) is 2. The van der Waals surface area contributed by atoms with Crippen LogP contribution in [0.15, 0.2) is 48.5 Å². The predicted octanol–water partition coefficient (Wildman–Crippen LogP) is 1.73. The number of nitrogens with one attached hydrogen (secondary N) is 3. The fourth-order valence-corrected chi connectivity index (χ4v) is 2.57. The maximum Gasteiger partial charge on any atom is 0.255 e. The molecule has 0 atom stereocenters. The number of carbonyl (C=O) groups excluding carboxylic acids is 2. The molecule has 0 heterocycles. The van der Waals surface area contributed by atoms with Gasteiger partial charge in [0.15, 0.2) is 0 Å². The van der Waals surface area contributed by atoms with Crippen molar-refractivity contribution in [1.82, 2.24) is 5.32 Å². The standard InChI is InChI=1S/C20H24FN3O2/c1-3-24(4-2)14-13-22-19(25)15-7-11-18(12-8-15)23-20(26)16-5-9-17(21)10-6-16/h5-12H,3-4,13-14H2,1-2H3,(H,22,25)(H,23,26)/p+1. The van der Waals surface area contributed by atoms with Gasteiger partial charge in [0.25, 0.3) is 11.8 Å². The van der Waals surface area contributed by atoms with Crippen LogP contribution in [-0.4, -0.2) is 38.0 Å². The Bertz CT molecular complexity index is 726. The van der Waals surface area contributed by atoms with E-state index < -0.39 is 0 Å². The van der Waals surface area contributed by atoms with Crippen molar-refractivity contribution in [2.24, 2.45) is 0 Å². The molecule has 0 aliphatic rings. The molecule has 0 saturated heterocycles. The van der Waals surface area contributed by atoms with E-state index in [1.54, 1.807) is 24.3 Å². The van der Waals surface area contributed by atoms with Crippen molar-refractivity contribution in [1.29, 1.82) is 0 Å². The van der Waals surface area contributed by atoms with Crippen LogP contribution in [0, 0.1) is 5.82 Å². The molecule has 0 aliphatic heterocycles. The van der Waals surface area contributed by atoms with Gasteiger partial charge in [0.2, 0.25) is 0 Å². The summed E-state index contributed by atoms with van der Waals surface area (Å²) < 4.78 is 12.9. The minimum atomic E-state index is -0.389. The molecule has 0 saturated carbocycles. The van der Waals surface area contributed by atoms with Gasteiger partial charge in [0.1, 0.15) is 5.82 Å². The van der Waals surface area contributed by atoms with E-state index in [-0.39, 0.29) is 17.6 Å².